The van der Waals surface area contributed by atoms with Crippen LogP contribution in [0.25, 0.3) is 22.3 Å². The lowest BCUT2D eigenvalue weighted by molar-refractivity contribution is 0.407. The Balaban J connectivity index is 1.72. The lowest BCUT2D eigenvalue weighted by Crippen LogP contribution is -2.54. The van der Waals surface area contributed by atoms with Gasteiger partial charge in [0.1, 0.15) is 17.1 Å². The van der Waals surface area contributed by atoms with Crippen molar-refractivity contribution in [3.63, 3.8) is 0 Å². The molecule has 1 fully saturated rings. The predicted molar refractivity (Wildman–Crippen MR) is 113 cm³/mol. The van der Waals surface area contributed by atoms with Crippen LogP contribution in [0.15, 0.2) is 51.7 Å². The van der Waals surface area contributed by atoms with Gasteiger partial charge in [-0.05, 0) is 62.7 Å². The normalized spacial score (nSPS) is 19.8. The lowest BCUT2D eigenvalue weighted by Gasteiger charge is -2.37. The molecule has 0 saturated carbocycles. The Bertz CT molecular complexity index is 1060. The third kappa shape index (κ3) is 3.50. The molecule has 146 valence electrons. The molecule has 1 aliphatic rings. The predicted octanol–water partition coefficient (Wildman–Crippen LogP) is 3.96. The van der Waals surface area contributed by atoms with Crippen molar-refractivity contribution in [2.75, 3.05) is 25.1 Å². The molecule has 2 atom stereocenters. The van der Waals surface area contributed by atoms with Gasteiger partial charge in [-0.15, -0.1) is 0 Å². The first-order chi connectivity index (χ1) is 13.4. The zero-order valence-electron chi connectivity index (χ0n) is 16.8. The molecule has 28 heavy (non-hydrogen) atoms. The van der Waals surface area contributed by atoms with E-state index in [1.54, 1.807) is 13.2 Å². The van der Waals surface area contributed by atoms with Gasteiger partial charge in [0.2, 0.25) is 0 Å². The molecule has 0 amide bonds. The zero-order chi connectivity index (χ0) is 19.8. The van der Waals surface area contributed by atoms with Crippen LogP contribution in [0.2, 0.25) is 0 Å². The van der Waals surface area contributed by atoms with Gasteiger partial charge in [0.05, 0.1) is 12.5 Å². The average Bonchev–Trinajstić information content (AvgIpc) is 2.67. The van der Waals surface area contributed by atoms with E-state index in [1.807, 2.05) is 43.3 Å². The highest BCUT2D eigenvalue weighted by Crippen LogP contribution is 2.29. The SMILES string of the molecule is COc1ccc(-c2cc(=O)c3cc(N4CC(C)NC(C)C4)ccc3o2)cc1C. The summed E-state index contributed by atoms with van der Waals surface area (Å²) in [6.45, 7) is 8.18. The molecule has 0 bridgehead atoms. The molecule has 5 nitrogen and oxygen atoms in total. The molecule has 0 radical (unpaired) electrons. The number of fused-ring (bicyclic) bond motifs is 1. The molecule has 0 spiro atoms. The summed E-state index contributed by atoms with van der Waals surface area (Å²) in [4.78, 5) is 15.2. The second-order valence-electron chi connectivity index (χ2n) is 7.71. The molecule has 1 N–H and O–H groups in total. The highest BCUT2D eigenvalue weighted by molar-refractivity contribution is 5.82. The molecule has 1 saturated heterocycles. The molecule has 3 aromatic rings. The van der Waals surface area contributed by atoms with E-state index in [-0.39, 0.29) is 5.43 Å². The Hall–Kier alpha value is -2.79. The Morgan fingerprint density at radius 1 is 1.07 bits per heavy atom. The first-order valence-corrected chi connectivity index (χ1v) is 9.68. The number of aryl methyl sites for hydroxylation is 1. The number of hydrogen-bond donors (Lipinski definition) is 1. The minimum Gasteiger partial charge on any atom is -0.496 e. The molecular weight excluding hydrogens is 352 g/mol. The number of anilines is 1. The minimum atomic E-state index is -0.0252. The maximum Gasteiger partial charge on any atom is 0.193 e. The third-order valence-electron chi connectivity index (χ3n) is 5.31. The fourth-order valence-electron chi connectivity index (χ4n) is 4.05. The van der Waals surface area contributed by atoms with Crippen molar-refractivity contribution in [3.8, 4) is 17.1 Å². The molecule has 5 heteroatoms. The van der Waals surface area contributed by atoms with Crippen molar-refractivity contribution >= 4 is 16.7 Å². The number of rotatable bonds is 3. The van der Waals surface area contributed by atoms with Gasteiger partial charge in [-0.25, -0.2) is 0 Å². The summed E-state index contributed by atoms with van der Waals surface area (Å²) < 4.78 is 11.4. The van der Waals surface area contributed by atoms with Crippen LogP contribution in [0, 0.1) is 6.92 Å². The van der Waals surface area contributed by atoms with Crippen molar-refractivity contribution in [2.24, 2.45) is 0 Å². The number of nitrogens with zero attached hydrogens (tertiary/aromatic N) is 1. The van der Waals surface area contributed by atoms with Crippen LogP contribution >= 0.6 is 0 Å². The maximum absolute atomic E-state index is 12.8. The van der Waals surface area contributed by atoms with Gasteiger partial charge < -0.3 is 19.4 Å². The van der Waals surface area contributed by atoms with Crippen LogP contribution < -0.4 is 20.4 Å². The Morgan fingerprint density at radius 3 is 2.50 bits per heavy atom. The molecule has 4 rings (SSSR count). The summed E-state index contributed by atoms with van der Waals surface area (Å²) in [6, 6.07) is 14.1. The quantitative estimate of drug-likeness (QED) is 0.748. The Morgan fingerprint density at radius 2 is 1.82 bits per heavy atom. The number of piperazine rings is 1. The van der Waals surface area contributed by atoms with Crippen LogP contribution in [0.1, 0.15) is 19.4 Å². The maximum atomic E-state index is 12.8. The molecule has 0 aliphatic carbocycles. The number of nitrogens with one attached hydrogen (secondary N) is 1. The highest BCUT2D eigenvalue weighted by atomic mass is 16.5. The first-order valence-electron chi connectivity index (χ1n) is 9.68. The van der Waals surface area contributed by atoms with Gasteiger partial charge in [-0.2, -0.15) is 0 Å². The summed E-state index contributed by atoms with van der Waals surface area (Å²) in [5.41, 5.74) is 3.51. The van der Waals surface area contributed by atoms with Gasteiger partial charge >= 0.3 is 0 Å². The highest BCUT2D eigenvalue weighted by Gasteiger charge is 2.21. The van der Waals surface area contributed by atoms with Gasteiger partial charge in [0, 0.05) is 42.5 Å². The topological polar surface area (TPSA) is 54.7 Å². The van der Waals surface area contributed by atoms with E-state index in [4.69, 9.17) is 9.15 Å². The third-order valence-corrected chi connectivity index (χ3v) is 5.31. The average molecular weight is 378 g/mol. The number of ether oxygens (including phenoxy) is 1. The van der Waals surface area contributed by atoms with Gasteiger partial charge in [0.15, 0.2) is 5.43 Å². The number of hydrogen-bond acceptors (Lipinski definition) is 5. The molecule has 2 unspecified atom stereocenters. The van der Waals surface area contributed by atoms with Crippen LogP contribution in [0.5, 0.6) is 5.75 Å². The fourth-order valence-corrected chi connectivity index (χ4v) is 4.05. The number of benzene rings is 2. The second kappa shape index (κ2) is 7.32. The first kappa shape index (κ1) is 18.6. The van der Waals surface area contributed by atoms with Crippen molar-refractivity contribution in [1.82, 2.24) is 5.32 Å². The van der Waals surface area contributed by atoms with E-state index in [0.717, 1.165) is 35.7 Å². The van der Waals surface area contributed by atoms with Crippen LogP contribution in [-0.4, -0.2) is 32.3 Å². The zero-order valence-corrected chi connectivity index (χ0v) is 16.8. The molecule has 1 aromatic heterocycles. The van der Waals surface area contributed by atoms with E-state index in [9.17, 15) is 4.79 Å². The Labute approximate surface area is 164 Å². The van der Waals surface area contributed by atoms with E-state index in [0.29, 0.717) is 28.8 Å². The summed E-state index contributed by atoms with van der Waals surface area (Å²) in [7, 11) is 1.65. The molecular formula is C23H26N2O3. The largest absolute Gasteiger partial charge is 0.496 e. The summed E-state index contributed by atoms with van der Waals surface area (Å²) in [6.07, 6.45) is 0. The monoisotopic (exact) mass is 378 g/mol. The van der Waals surface area contributed by atoms with Crippen LogP contribution in [0.4, 0.5) is 5.69 Å². The van der Waals surface area contributed by atoms with E-state index < -0.39 is 0 Å². The van der Waals surface area contributed by atoms with E-state index >= 15 is 0 Å². The Kier molecular flexibility index (Phi) is 4.85. The second-order valence-corrected chi connectivity index (χ2v) is 7.71. The smallest absolute Gasteiger partial charge is 0.193 e. The van der Waals surface area contributed by atoms with Crippen LogP contribution in [-0.2, 0) is 0 Å². The lowest BCUT2D eigenvalue weighted by atomic mass is 10.1. The standard InChI is InChI=1S/C23H26N2O3/c1-14-9-17(5-7-21(14)27-4)23-11-20(26)19-10-18(6-8-22(19)28-23)25-12-15(2)24-16(3)13-25/h5-11,15-16,24H,12-13H2,1-4H3. The van der Waals surface area contributed by atoms with Gasteiger partial charge in [-0.1, -0.05) is 0 Å². The van der Waals surface area contributed by atoms with Crippen molar-refractivity contribution < 1.29 is 9.15 Å². The van der Waals surface area contributed by atoms with Gasteiger partial charge in [-0.3, -0.25) is 4.79 Å². The summed E-state index contributed by atoms with van der Waals surface area (Å²) in [5.74, 6) is 1.39. The minimum absolute atomic E-state index is 0.0252. The summed E-state index contributed by atoms with van der Waals surface area (Å²) in [5, 5.41) is 4.15. The molecule has 2 aromatic carbocycles. The molecule has 1 aliphatic heterocycles. The van der Waals surface area contributed by atoms with Gasteiger partial charge in [0.25, 0.3) is 0 Å². The van der Waals surface area contributed by atoms with Crippen molar-refractivity contribution in [3.05, 3.63) is 58.3 Å². The number of methoxy groups -OCH3 is 1. The fraction of sp³-hybridized carbons (Fsp3) is 0.348. The summed E-state index contributed by atoms with van der Waals surface area (Å²) >= 11 is 0. The van der Waals surface area contributed by atoms with Crippen molar-refractivity contribution in [1.29, 1.82) is 0 Å². The molecule has 2 heterocycles. The van der Waals surface area contributed by atoms with E-state index in [1.165, 1.54) is 0 Å². The van der Waals surface area contributed by atoms with E-state index in [2.05, 4.69) is 24.1 Å². The van der Waals surface area contributed by atoms with Crippen molar-refractivity contribution in [2.45, 2.75) is 32.9 Å². The van der Waals surface area contributed by atoms with Crippen LogP contribution in [0.3, 0.4) is 0 Å².